The van der Waals surface area contributed by atoms with Gasteiger partial charge in [-0.2, -0.15) is 5.48 Å². The second-order valence-electron chi connectivity index (χ2n) is 6.55. The smallest absolute Gasteiger partial charge is 0.131 e. The van der Waals surface area contributed by atoms with Crippen molar-refractivity contribution in [1.29, 1.82) is 0 Å². The maximum absolute atomic E-state index is 14.2. The number of rotatable bonds is 3. The van der Waals surface area contributed by atoms with Crippen LogP contribution in [0.5, 0.6) is 0 Å². The Balaban J connectivity index is 1.60. The van der Waals surface area contributed by atoms with Crippen molar-refractivity contribution in [2.45, 2.75) is 37.3 Å². The van der Waals surface area contributed by atoms with Crippen LogP contribution >= 0.6 is 0 Å². The minimum Gasteiger partial charge on any atom is -0.376 e. The van der Waals surface area contributed by atoms with Crippen LogP contribution < -0.4 is 5.48 Å². The highest BCUT2D eigenvalue weighted by atomic mass is 19.1. The lowest BCUT2D eigenvalue weighted by Gasteiger charge is -2.41. The summed E-state index contributed by atoms with van der Waals surface area (Å²) in [6.45, 7) is 0.916. The van der Waals surface area contributed by atoms with Crippen molar-refractivity contribution in [2.75, 3.05) is 13.2 Å². The van der Waals surface area contributed by atoms with E-state index in [4.69, 9.17) is 9.57 Å². The summed E-state index contributed by atoms with van der Waals surface area (Å²) in [5.74, 6) is -0.135. The summed E-state index contributed by atoms with van der Waals surface area (Å²) in [7, 11) is 0. The number of hydroxylamine groups is 1. The second kappa shape index (κ2) is 5.00. The summed E-state index contributed by atoms with van der Waals surface area (Å²) in [4.78, 5) is 5.41. The van der Waals surface area contributed by atoms with Gasteiger partial charge in [0.1, 0.15) is 11.6 Å². The normalized spacial score (nSPS) is 35.7. The van der Waals surface area contributed by atoms with E-state index >= 15 is 0 Å². The third-order valence-corrected chi connectivity index (χ3v) is 5.03. The topological polar surface area (TPSA) is 30.5 Å². The maximum atomic E-state index is 14.2. The van der Waals surface area contributed by atoms with Crippen LogP contribution in [0.2, 0.25) is 0 Å². The Labute approximate surface area is 122 Å². The third kappa shape index (κ3) is 2.37. The number of hydrogen-bond acceptors (Lipinski definition) is 3. The van der Waals surface area contributed by atoms with Crippen LogP contribution in [0.3, 0.4) is 0 Å². The predicted octanol–water partition coefficient (Wildman–Crippen LogP) is 2.90. The van der Waals surface area contributed by atoms with E-state index < -0.39 is 17.2 Å². The Morgan fingerprint density at radius 1 is 1.29 bits per heavy atom. The molecule has 0 radical (unpaired) electrons. The fourth-order valence-electron chi connectivity index (χ4n) is 3.64. The Hall–Kier alpha value is -1.04. The molecule has 3 atom stereocenters. The van der Waals surface area contributed by atoms with Crippen molar-refractivity contribution in [3.63, 3.8) is 0 Å². The molecule has 114 valence electrons. The van der Waals surface area contributed by atoms with Crippen LogP contribution in [0.4, 0.5) is 8.78 Å². The summed E-state index contributed by atoms with van der Waals surface area (Å²) in [5, 5.41) is 0. The van der Waals surface area contributed by atoms with Crippen LogP contribution in [-0.2, 0) is 15.1 Å². The third-order valence-electron chi connectivity index (χ3n) is 5.03. The largest absolute Gasteiger partial charge is 0.376 e. The van der Waals surface area contributed by atoms with Crippen LogP contribution in [0, 0.1) is 23.5 Å². The first-order chi connectivity index (χ1) is 10.2. The Bertz CT molecular complexity index is 549. The first kappa shape index (κ1) is 13.6. The first-order valence-corrected chi connectivity index (χ1v) is 7.63. The van der Waals surface area contributed by atoms with Gasteiger partial charge in [-0.05, 0) is 24.8 Å². The number of fused-ring (bicyclic) bond motifs is 1. The lowest BCUT2D eigenvalue weighted by molar-refractivity contribution is -0.0735. The van der Waals surface area contributed by atoms with E-state index in [1.54, 1.807) is 0 Å². The van der Waals surface area contributed by atoms with Gasteiger partial charge in [0.05, 0.1) is 24.9 Å². The molecule has 3 unspecified atom stereocenters. The van der Waals surface area contributed by atoms with E-state index in [2.05, 4.69) is 5.48 Å². The Morgan fingerprint density at radius 2 is 2.14 bits per heavy atom. The van der Waals surface area contributed by atoms with Gasteiger partial charge in [0.25, 0.3) is 0 Å². The number of benzene rings is 1. The highest BCUT2D eigenvalue weighted by molar-refractivity contribution is 5.29. The van der Waals surface area contributed by atoms with Crippen molar-refractivity contribution >= 4 is 0 Å². The van der Waals surface area contributed by atoms with Gasteiger partial charge in [0, 0.05) is 17.5 Å². The van der Waals surface area contributed by atoms with Crippen molar-refractivity contribution < 1.29 is 18.4 Å². The zero-order chi connectivity index (χ0) is 14.4. The molecular weight excluding hydrogens is 276 g/mol. The number of ether oxygens (including phenoxy) is 1. The van der Waals surface area contributed by atoms with Gasteiger partial charge in [-0.25, -0.2) is 8.78 Å². The number of hydrogen-bond donors (Lipinski definition) is 1. The van der Waals surface area contributed by atoms with Crippen molar-refractivity contribution in [3.05, 3.63) is 35.4 Å². The standard InChI is InChI=1S/C16H19F2NO2/c17-12-3-4-14(15(18)7-12)16-9-20-13(5-10-1-2-10)6-11(16)8-21-19-16/h3-4,7,10-11,13,19H,1-2,5-6,8-9H2. The van der Waals surface area contributed by atoms with E-state index in [1.165, 1.54) is 25.0 Å². The molecule has 1 saturated carbocycles. The van der Waals surface area contributed by atoms with Crippen molar-refractivity contribution in [2.24, 2.45) is 11.8 Å². The number of halogens is 2. The molecule has 1 N–H and O–H groups in total. The van der Waals surface area contributed by atoms with Crippen LogP contribution in [0.25, 0.3) is 0 Å². The molecule has 2 aliphatic heterocycles. The van der Waals surface area contributed by atoms with Crippen LogP contribution in [-0.4, -0.2) is 19.3 Å². The molecule has 0 amide bonds. The molecule has 0 spiro atoms. The lowest BCUT2D eigenvalue weighted by Crippen LogP contribution is -2.52. The molecule has 3 fully saturated rings. The SMILES string of the molecule is Fc1ccc(C23COC(CC4CC4)CC2CON3)c(F)c1. The van der Waals surface area contributed by atoms with E-state index in [1.807, 2.05) is 0 Å². The number of nitrogens with one attached hydrogen (secondary N) is 1. The fourth-order valence-corrected chi connectivity index (χ4v) is 3.64. The van der Waals surface area contributed by atoms with E-state index in [9.17, 15) is 8.78 Å². The predicted molar refractivity (Wildman–Crippen MR) is 72.3 cm³/mol. The quantitative estimate of drug-likeness (QED) is 0.930. The van der Waals surface area contributed by atoms with Crippen molar-refractivity contribution in [1.82, 2.24) is 5.48 Å². The lowest BCUT2D eigenvalue weighted by atomic mass is 9.75. The van der Waals surface area contributed by atoms with Gasteiger partial charge in [0.15, 0.2) is 0 Å². The average molecular weight is 295 g/mol. The summed E-state index contributed by atoms with van der Waals surface area (Å²) >= 11 is 0. The molecule has 4 rings (SSSR count). The van der Waals surface area contributed by atoms with E-state index in [0.29, 0.717) is 18.8 Å². The molecular formula is C16H19F2NO2. The highest BCUT2D eigenvalue weighted by Crippen LogP contribution is 2.45. The van der Waals surface area contributed by atoms with Gasteiger partial charge in [-0.1, -0.05) is 18.9 Å². The van der Waals surface area contributed by atoms with Crippen LogP contribution in [0.1, 0.15) is 31.2 Å². The van der Waals surface area contributed by atoms with Gasteiger partial charge in [-0.3, -0.25) is 0 Å². The molecule has 2 saturated heterocycles. The molecule has 3 nitrogen and oxygen atoms in total. The Kier molecular flexibility index (Phi) is 3.24. The van der Waals surface area contributed by atoms with E-state index in [-0.39, 0.29) is 12.0 Å². The molecule has 0 bridgehead atoms. The maximum Gasteiger partial charge on any atom is 0.131 e. The molecule has 3 aliphatic rings. The molecule has 1 aromatic rings. The second-order valence-corrected chi connectivity index (χ2v) is 6.55. The van der Waals surface area contributed by atoms with Gasteiger partial charge in [0.2, 0.25) is 0 Å². The molecule has 2 heterocycles. The van der Waals surface area contributed by atoms with E-state index in [0.717, 1.165) is 24.8 Å². The highest BCUT2D eigenvalue weighted by Gasteiger charge is 2.51. The summed E-state index contributed by atoms with van der Waals surface area (Å²) in [5.41, 5.74) is 2.71. The summed E-state index contributed by atoms with van der Waals surface area (Å²) in [6, 6.07) is 3.72. The zero-order valence-electron chi connectivity index (χ0n) is 11.8. The van der Waals surface area contributed by atoms with Crippen LogP contribution in [0.15, 0.2) is 18.2 Å². The molecule has 21 heavy (non-hydrogen) atoms. The minimum absolute atomic E-state index is 0.162. The average Bonchev–Trinajstić information content (AvgIpc) is 3.15. The molecule has 1 aromatic carbocycles. The monoisotopic (exact) mass is 295 g/mol. The van der Waals surface area contributed by atoms with Gasteiger partial charge < -0.3 is 9.57 Å². The first-order valence-electron chi connectivity index (χ1n) is 7.63. The zero-order valence-corrected chi connectivity index (χ0v) is 11.8. The minimum atomic E-state index is -0.683. The molecule has 5 heteroatoms. The van der Waals surface area contributed by atoms with Crippen molar-refractivity contribution in [3.8, 4) is 0 Å². The van der Waals surface area contributed by atoms with Gasteiger partial charge >= 0.3 is 0 Å². The summed E-state index contributed by atoms with van der Waals surface area (Å²) in [6.07, 6.45) is 4.80. The van der Waals surface area contributed by atoms with Gasteiger partial charge in [-0.15, -0.1) is 0 Å². The molecule has 0 aromatic heterocycles. The summed E-state index contributed by atoms with van der Waals surface area (Å²) < 4.78 is 33.3. The molecule has 1 aliphatic carbocycles. The fraction of sp³-hybridized carbons (Fsp3) is 0.625. The Morgan fingerprint density at radius 3 is 2.90 bits per heavy atom.